The van der Waals surface area contributed by atoms with E-state index in [1.165, 1.54) is 16.4 Å². The molecular formula is C26H21ClN6O2S. The van der Waals surface area contributed by atoms with Crippen molar-refractivity contribution in [3.05, 3.63) is 112 Å². The van der Waals surface area contributed by atoms with Crippen molar-refractivity contribution in [1.29, 1.82) is 0 Å². The molecule has 0 unspecified atom stereocenters. The third-order valence-electron chi connectivity index (χ3n) is 5.36. The highest BCUT2D eigenvalue weighted by atomic mass is 35.5. The topological polar surface area (TPSA) is 94.7 Å². The molecular weight excluding hydrogens is 496 g/mol. The molecule has 1 N–H and O–H groups in total. The highest BCUT2D eigenvalue weighted by Gasteiger charge is 2.14. The molecule has 1 amide bonds. The molecule has 2 heterocycles. The number of amides is 1. The summed E-state index contributed by atoms with van der Waals surface area (Å²) in [6, 6.07) is 24.1. The maximum atomic E-state index is 13.3. The van der Waals surface area contributed by atoms with Gasteiger partial charge in [-0.15, -0.1) is 5.10 Å². The Balaban J connectivity index is 1.31. The van der Waals surface area contributed by atoms with Crippen molar-refractivity contribution in [2.75, 3.05) is 5.32 Å². The Morgan fingerprint density at radius 2 is 1.81 bits per heavy atom. The number of nitrogens with one attached hydrogen (secondary N) is 1. The molecule has 0 saturated carbocycles. The molecule has 0 spiro atoms. The monoisotopic (exact) mass is 516 g/mol. The lowest BCUT2D eigenvalue weighted by Gasteiger charge is -2.13. The fraction of sp³-hybridized carbons (Fsp3) is 0.115. The average molecular weight is 517 g/mol. The Bertz CT molecular complexity index is 1580. The van der Waals surface area contributed by atoms with Gasteiger partial charge in [0.05, 0.1) is 23.1 Å². The van der Waals surface area contributed by atoms with Gasteiger partial charge in [0.15, 0.2) is 5.16 Å². The summed E-state index contributed by atoms with van der Waals surface area (Å²) in [6.45, 7) is 0.424. The summed E-state index contributed by atoms with van der Waals surface area (Å²) in [5.74, 6) is 0.199. The number of benzene rings is 3. The van der Waals surface area contributed by atoms with Gasteiger partial charge in [-0.3, -0.25) is 14.2 Å². The Labute approximate surface area is 215 Å². The molecule has 8 nitrogen and oxygen atoms in total. The summed E-state index contributed by atoms with van der Waals surface area (Å²) in [4.78, 5) is 30.4. The number of hydrogen-bond acceptors (Lipinski definition) is 6. The number of thioether (sulfide) groups is 1. The molecule has 36 heavy (non-hydrogen) atoms. The van der Waals surface area contributed by atoms with Gasteiger partial charge in [0, 0.05) is 22.7 Å². The second-order valence-corrected chi connectivity index (χ2v) is 9.42. The van der Waals surface area contributed by atoms with Crippen molar-refractivity contribution in [2.45, 2.75) is 24.0 Å². The summed E-state index contributed by atoms with van der Waals surface area (Å²) in [6.07, 6.45) is 1.71. The van der Waals surface area contributed by atoms with Crippen LogP contribution in [0.2, 0.25) is 5.02 Å². The predicted octanol–water partition coefficient (Wildman–Crippen LogP) is 4.62. The number of para-hydroxylation sites is 1. The van der Waals surface area contributed by atoms with E-state index >= 15 is 0 Å². The fourth-order valence-corrected chi connectivity index (χ4v) is 4.76. The maximum Gasteiger partial charge on any atom is 0.262 e. The highest BCUT2D eigenvalue weighted by molar-refractivity contribution is 7.98. The van der Waals surface area contributed by atoms with Crippen LogP contribution in [0.4, 0.5) is 5.69 Å². The minimum atomic E-state index is -0.241. The largest absolute Gasteiger partial charge is 0.324 e. The van der Waals surface area contributed by atoms with E-state index in [0.717, 1.165) is 5.56 Å². The number of carbonyl (C=O) groups is 1. The third kappa shape index (κ3) is 5.64. The number of carbonyl (C=O) groups excluding carboxylic acids is 1. The smallest absolute Gasteiger partial charge is 0.262 e. The first-order chi connectivity index (χ1) is 17.5. The SMILES string of the molecule is O=C(Cn1cc(CSc2nc3ccccc3c(=O)n2Cc2ccccc2)nn1)Nc1cccc(Cl)c1. The average Bonchev–Trinajstić information content (AvgIpc) is 3.32. The summed E-state index contributed by atoms with van der Waals surface area (Å²) >= 11 is 7.37. The van der Waals surface area contributed by atoms with Gasteiger partial charge in [-0.2, -0.15) is 0 Å². The number of anilines is 1. The van der Waals surface area contributed by atoms with Crippen molar-refractivity contribution < 1.29 is 4.79 Å². The van der Waals surface area contributed by atoms with E-state index in [2.05, 4.69) is 15.6 Å². The van der Waals surface area contributed by atoms with E-state index in [1.54, 1.807) is 41.1 Å². The molecule has 0 aliphatic rings. The standard InChI is InChI=1S/C26H21ClN6O2S/c27-19-9-6-10-20(13-19)28-24(34)16-32-15-21(30-31-32)17-36-26-29-23-12-5-4-11-22(23)25(35)33(26)14-18-7-2-1-3-8-18/h1-13,15H,14,16-17H2,(H,28,34). The van der Waals surface area contributed by atoms with Gasteiger partial charge in [0.25, 0.3) is 5.56 Å². The van der Waals surface area contributed by atoms with E-state index in [-0.39, 0.29) is 18.0 Å². The molecule has 180 valence electrons. The van der Waals surface area contributed by atoms with Crippen molar-refractivity contribution in [3.63, 3.8) is 0 Å². The van der Waals surface area contributed by atoms with Crippen molar-refractivity contribution in [3.8, 4) is 0 Å². The lowest BCUT2D eigenvalue weighted by Crippen LogP contribution is -2.24. The molecule has 0 saturated heterocycles. The molecule has 3 aromatic carbocycles. The molecule has 0 bridgehead atoms. The minimum Gasteiger partial charge on any atom is -0.324 e. The molecule has 2 aromatic heterocycles. The zero-order valence-corrected chi connectivity index (χ0v) is 20.6. The van der Waals surface area contributed by atoms with Crippen molar-refractivity contribution >= 4 is 45.9 Å². The summed E-state index contributed by atoms with van der Waals surface area (Å²) in [5, 5.41) is 12.7. The van der Waals surface area contributed by atoms with E-state index in [1.807, 2.05) is 48.5 Å². The zero-order valence-electron chi connectivity index (χ0n) is 19.0. The molecule has 0 aliphatic carbocycles. The molecule has 5 rings (SSSR count). The van der Waals surface area contributed by atoms with Gasteiger partial charge in [-0.05, 0) is 35.9 Å². The van der Waals surface area contributed by atoms with Crippen molar-refractivity contribution in [1.82, 2.24) is 24.5 Å². The maximum absolute atomic E-state index is 13.3. The number of nitrogens with zero attached hydrogens (tertiary/aromatic N) is 5. The lowest BCUT2D eigenvalue weighted by atomic mass is 10.2. The minimum absolute atomic E-state index is 0.0110. The lowest BCUT2D eigenvalue weighted by molar-refractivity contribution is -0.116. The van der Waals surface area contributed by atoms with Crippen LogP contribution >= 0.6 is 23.4 Å². The Hall–Kier alpha value is -3.95. The van der Waals surface area contributed by atoms with E-state index < -0.39 is 0 Å². The first kappa shape index (κ1) is 23.8. The van der Waals surface area contributed by atoms with Crippen LogP contribution in [0.15, 0.2) is 95.0 Å². The highest BCUT2D eigenvalue weighted by Crippen LogP contribution is 2.22. The third-order valence-corrected chi connectivity index (χ3v) is 6.60. The molecule has 0 radical (unpaired) electrons. The Kier molecular flexibility index (Phi) is 7.11. The van der Waals surface area contributed by atoms with Gasteiger partial charge >= 0.3 is 0 Å². The number of aromatic nitrogens is 5. The number of rotatable bonds is 8. The van der Waals surface area contributed by atoms with Crippen LogP contribution in [0.5, 0.6) is 0 Å². The number of hydrogen-bond donors (Lipinski definition) is 1. The van der Waals surface area contributed by atoms with Crippen LogP contribution in [-0.2, 0) is 23.6 Å². The van der Waals surface area contributed by atoms with E-state index in [0.29, 0.717) is 44.8 Å². The quantitative estimate of drug-likeness (QED) is 0.239. The normalized spacial score (nSPS) is 11.0. The summed E-state index contributed by atoms with van der Waals surface area (Å²) in [7, 11) is 0. The number of halogens is 1. The van der Waals surface area contributed by atoms with Gasteiger partial charge in [-0.1, -0.05) is 77.1 Å². The van der Waals surface area contributed by atoms with Gasteiger partial charge in [0.1, 0.15) is 6.54 Å². The van der Waals surface area contributed by atoms with Crippen LogP contribution in [0.1, 0.15) is 11.3 Å². The molecule has 0 atom stereocenters. The summed E-state index contributed by atoms with van der Waals surface area (Å²) < 4.78 is 3.16. The molecule has 0 aliphatic heterocycles. The van der Waals surface area contributed by atoms with Crippen LogP contribution < -0.4 is 10.9 Å². The van der Waals surface area contributed by atoms with Crippen molar-refractivity contribution in [2.24, 2.45) is 0 Å². The Morgan fingerprint density at radius 3 is 2.64 bits per heavy atom. The van der Waals surface area contributed by atoms with E-state index in [9.17, 15) is 9.59 Å². The zero-order chi connectivity index (χ0) is 24.9. The second-order valence-electron chi connectivity index (χ2n) is 8.04. The molecule has 10 heteroatoms. The van der Waals surface area contributed by atoms with Crippen LogP contribution in [-0.4, -0.2) is 30.5 Å². The molecule has 5 aromatic rings. The van der Waals surface area contributed by atoms with Gasteiger partial charge in [-0.25, -0.2) is 9.67 Å². The van der Waals surface area contributed by atoms with Crippen LogP contribution in [0, 0.1) is 0 Å². The number of fused-ring (bicyclic) bond motifs is 1. The molecule has 0 fully saturated rings. The first-order valence-corrected chi connectivity index (χ1v) is 12.5. The van der Waals surface area contributed by atoms with Crippen LogP contribution in [0.3, 0.4) is 0 Å². The second kappa shape index (κ2) is 10.8. The van der Waals surface area contributed by atoms with Crippen LogP contribution in [0.25, 0.3) is 10.9 Å². The van der Waals surface area contributed by atoms with Gasteiger partial charge in [0.2, 0.25) is 5.91 Å². The summed E-state index contributed by atoms with van der Waals surface area (Å²) in [5.41, 5.74) is 2.85. The fourth-order valence-electron chi connectivity index (χ4n) is 3.70. The Morgan fingerprint density at radius 1 is 1.00 bits per heavy atom. The first-order valence-electron chi connectivity index (χ1n) is 11.2. The van der Waals surface area contributed by atoms with E-state index in [4.69, 9.17) is 16.6 Å². The van der Waals surface area contributed by atoms with Gasteiger partial charge < -0.3 is 5.32 Å². The predicted molar refractivity (Wildman–Crippen MR) is 141 cm³/mol.